The van der Waals surface area contributed by atoms with E-state index < -0.39 is 24.0 Å². The number of carboxylic acids is 1. The lowest BCUT2D eigenvalue weighted by atomic mass is 9.89. The van der Waals surface area contributed by atoms with Crippen LogP contribution in [0, 0.1) is 5.92 Å². The molecule has 2 saturated heterocycles. The maximum Gasteiger partial charge on any atom is 0.321 e. The van der Waals surface area contributed by atoms with E-state index in [0.29, 0.717) is 6.42 Å². The molecule has 2 fully saturated rings. The number of nitrogens with zero attached hydrogens (tertiary/aromatic N) is 1. The van der Waals surface area contributed by atoms with E-state index in [4.69, 9.17) is 5.11 Å². The van der Waals surface area contributed by atoms with Crippen molar-refractivity contribution in [1.82, 2.24) is 15.5 Å². The SMILES string of the molecule is CNC(=O)NC(=O)C(C)N1C2CCC1C(C(=O)O)C2. The van der Waals surface area contributed by atoms with Crippen LogP contribution in [0.15, 0.2) is 0 Å². The summed E-state index contributed by atoms with van der Waals surface area (Å²) in [5.74, 6) is -1.58. The van der Waals surface area contributed by atoms with Crippen LogP contribution in [-0.4, -0.2) is 53.1 Å². The molecule has 4 atom stereocenters. The number of carbonyl (C=O) groups excluding carboxylic acids is 2. The van der Waals surface area contributed by atoms with Gasteiger partial charge in [0.25, 0.3) is 0 Å². The van der Waals surface area contributed by atoms with Crippen molar-refractivity contribution in [1.29, 1.82) is 0 Å². The number of fused-ring (bicyclic) bond motifs is 2. The Morgan fingerprint density at radius 1 is 1.32 bits per heavy atom. The third-order valence-electron chi connectivity index (χ3n) is 4.20. The lowest BCUT2D eigenvalue weighted by Gasteiger charge is -2.28. The van der Waals surface area contributed by atoms with Gasteiger partial charge in [-0.2, -0.15) is 0 Å². The highest BCUT2D eigenvalue weighted by atomic mass is 16.4. The van der Waals surface area contributed by atoms with Crippen LogP contribution >= 0.6 is 0 Å². The smallest absolute Gasteiger partial charge is 0.321 e. The summed E-state index contributed by atoms with van der Waals surface area (Å²) in [5, 5.41) is 13.7. The number of amides is 3. The van der Waals surface area contributed by atoms with Gasteiger partial charge in [0, 0.05) is 19.1 Å². The summed E-state index contributed by atoms with van der Waals surface area (Å²) in [6, 6.07) is -0.984. The zero-order chi connectivity index (χ0) is 14.2. The monoisotopic (exact) mass is 269 g/mol. The molecule has 4 unspecified atom stereocenters. The molecule has 106 valence electrons. The van der Waals surface area contributed by atoms with Crippen molar-refractivity contribution in [2.24, 2.45) is 5.92 Å². The molecule has 3 N–H and O–H groups in total. The van der Waals surface area contributed by atoms with E-state index in [0.717, 1.165) is 12.8 Å². The summed E-state index contributed by atoms with van der Waals surface area (Å²) in [5.41, 5.74) is 0. The topological polar surface area (TPSA) is 98.7 Å². The molecule has 3 amide bonds. The standard InChI is InChI=1S/C12H19N3O4/c1-6(10(16)14-12(19)13-2)15-7-3-4-9(15)8(5-7)11(17)18/h6-9H,3-5H2,1-2H3,(H,17,18)(H2,13,14,16,19). The van der Waals surface area contributed by atoms with Crippen LogP contribution in [0.1, 0.15) is 26.2 Å². The highest BCUT2D eigenvalue weighted by molar-refractivity contribution is 5.96. The fourth-order valence-electron chi connectivity index (χ4n) is 3.31. The van der Waals surface area contributed by atoms with E-state index in [1.165, 1.54) is 7.05 Å². The van der Waals surface area contributed by atoms with Gasteiger partial charge in [0.05, 0.1) is 12.0 Å². The van der Waals surface area contributed by atoms with Gasteiger partial charge in [-0.05, 0) is 26.2 Å². The molecule has 7 nitrogen and oxygen atoms in total. The minimum Gasteiger partial charge on any atom is -0.481 e. The van der Waals surface area contributed by atoms with Gasteiger partial charge < -0.3 is 10.4 Å². The summed E-state index contributed by atoms with van der Waals surface area (Å²) in [4.78, 5) is 36.2. The number of imide groups is 1. The van der Waals surface area contributed by atoms with E-state index in [9.17, 15) is 14.4 Å². The van der Waals surface area contributed by atoms with Crippen LogP contribution in [0.2, 0.25) is 0 Å². The average Bonchev–Trinajstić information content (AvgIpc) is 2.94. The third-order valence-corrected chi connectivity index (χ3v) is 4.20. The Labute approximate surface area is 111 Å². The normalized spacial score (nSPS) is 30.9. The third kappa shape index (κ3) is 2.42. The number of rotatable bonds is 3. The molecule has 0 aromatic rings. The van der Waals surface area contributed by atoms with E-state index in [-0.39, 0.29) is 18.0 Å². The Kier molecular flexibility index (Phi) is 3.75. The van der Waals surface area contributed by atoms with E-state index >= 15 is 0 Å². The molecule has 0 aromatic carbocycles. The fourth-order valence-corrected chi connectivity index (χ4v) is 3.31. The minimum atomic E-state index is -0.795. The number of nitrogens with one attached hydrogen (secondary N) is 2. The quantitative estimate of drug-likeness (QED) is 0.657. The number of hydrogen-bond acceptors (Lipinski definition) is 4. The second-order valence-corrected chi connectivity index (χ2v) is 5.17. The minimum absolute atomic E-state index is 0.0899. The lowest BCUT2D eigenvalue weighted by Crippen LogP contribution is -2.51. The molecule has 0 aliphatic carbocycles. The Bertz CT molecular complexity index is 412. The average molecular weight is 269 g/mol. The summed E-state index contributed by atoms with van der Waals surface area (Å²) >= 11 is 0. The van der Waals surface area contributed by atoms with Gasteiger partial charge in [0.2, 0.25) is 5.91 Å². The van der Waals surface area contributed by atoms with Crippen LogP contribution in [0.4, 0.5) is 4.79 Å². The van der Waals surface area contributed by atoms with Crippen molar-refractivity contribution < 1.29 is 19.5 Å². The second kappa shape index (κ2) is 5.16. The van der Waals surface area contributed by atoms with Gasteiger partial charge >= 0.3 is 12.0 Å². The molecule has 2 aliphatic heterocycles. The molecule has 2 heterocycles. The van der Waals surface area contributed by atoms with Crippen LogP contribution in [0.25, 0.3) is 0 Å². The van der Waals surface area contributed by atoms with Crippen LogP contribution in [0.5, 0.6) is 0 Å². The molecule has 0 radical (unpaired) electrons. The van der Waals surface area contributed by atoms with Crippen molar-refractivity contribution in [2.45, 2.75) is 44.3 Å². The van der Waals surface area contributed by atoms with E-state index in [1.54, 1.807) is 6.92 Å². The maximum absolute atomic E-state index is 11.9. The summed E-state index contributed by atoms with van der Waals surface area (Å²) in [6.45, 7) is 1.72. The van der Waals surface area contributed by atoms with Crippen LogP contribution in [-0.2, 0) is 9.59 Å². The molecule has 2 aliphatic rings. The zero-order valence-corrected chi connectivity index (χ0v) is 11.0. The number of carbonyl (C=O) groups is 3. The molecule has 0 saturated carbocycles. The number of hydrogen-bond donors (Lipinski definition) is 3. The number of aliphatic carboxylic acids is 1. The highest BCUT2D eigenvalue weighted by Crippen LogP contribution is 2.43. The second-order valence-electron chi connectivity index (χ2n) is 5.17. The van der Waals surface area contributed by atoms with E-state index in [2.05, 4.69) is 10.6 Å². The van der Waals surface area contributed by atoms with Crippen molar-refractivity contribution in [3.63, 3.8) is 0 Å². The fraction of sp³-hybridized carbons (Fsp3) is 0.750. The lowest BCUT2D eigenvalue weighted by molar-refractivity contribution is -0.143. The zero-order valence-electron chi connectivity index (χ0n) is 11.0. The Morgan fingerprint density at radius 3 is 2.53 bits per heavy atom. The summed E-state index contributed by atoms with van der Waals surface area (Å²) in [7, 11) is 1.44. The predicted molar refractivity (Wildman–Crippen MR) is 66.5 cm³/mol. The summed E-state index contributed by atoms with van der Waals surface area (Å²) < 4.78 is 0. The van der Waals surface area contributed by atoms with Crippen molar-refractivity contribution in [3.8, 4) is 0 Å². The van der Waals surface area contributed by atoms with Crippen molar-refractivity contribution >= 4 is 17.9 Å². The number of urea groups is 1. The predicted octanol–water partition coefficient (Wildman–Crippen LogP) is -0.232. The molecule has 19 heavy (non-hydrogen) atoms. The first-order chi connectivity index (χ1) is 8.95. The molecular weight excluding hydrogens is 250 g/mol. The van der Waals surface area contributed by atoms with Gasteiger partial charge in [-0.3, -0.25) is 19.8 Å². The summed E-state index contributed by atoms with van der Waals surface area (Å²) in [6.07, 6.45) is 2.32. The molecule has 2 rings (SSSR count). The first kappa shape index (κ1) is 13.8. The first-order valence-electron chi connectivity index (χ1n) is 6.48. The van der Waals surface area contributed by atoms with Crippen molar-refractivity contribution in [2.75, 3.05) is 7.05 Å². The van der Waals surface area contributed by atoms with Gasteiger partial charge in [0.15, 0.2) is 0 Å². The van der Waals surface area contributed by atoms with Gasteiger partial charge in [-0.1, -0.05) is 0 Å². The van der Waals surface area contributed by atoms with Crippen molar-refractivity contribution in [3.05, 3.63) is 0 Å². The van der Waals surface area contributed by atoms with Crippen LogP contribution < -0.4 is 10.6 Å². The van der Waals surface area contributed by atoms with Gasteiger partial charge in [-0.15, -0.1) is 0 Å². The molecular formula is C12H19N3O4. The Hall–Kier alpha value is -1.63. The molecule has 2 bridgehead atoms. The largest absolute Gasteiger partial charge is 0.481 e. The van der Waals surface area contributed by atoms with Crippen LogP contribution in [0.3, 0.4) is 0 Å². The Morgan fingerprint density at radius 2 is 2.00 bits per heavy atom. The van der Waals surface area contributed by atoms with Gasteiger partial charge in [0.1, 0.15) is 0 Å². The molecule has 0 aromatic heterocycles. The van der Waals surface area contributed by atoms with Gasteiger partial charge in [-0.25, -0.2) is 4.79 Å². The highest BCUT2D eigenvalue weighted by Gasteiger charge is 2.51. The Balaban J connectivity index is 2.04. The maximum atomic E-state index is 11.9. The molecule has 7 heteroatoms. The first-order valence-corrected chi connectivity index (χ1v) is 6.48. The van der Waals surface area contributed by atoms with E-state index in [1.807, 2.05) is 4.90 Å². The number of carboxylic acid groups (broad SMARTS) is 1. The molecule has 0 spiro atoms.